The highest BCUT2D eigenvalue weighted by atomic mass is 35.5. The Morgan fingerprint density at radius 1 is 0.963 bits per heavy atom. The van der Waals surface area contributed by atoms with Gasteiger partial charge in [-0.3, -0.25) is 14.9 Å². The van der Waals surface area contributed by atoms with Gasteiger partial charge in [0.15, 0.2) is 0 Å². The zero-order valence-corrected chi connectivity index (χ0v) is 16.4. The summed E-state index contributed by atoms with van der Waals surface area (Å²) < 4.78 is 0. The minimum Gasteiger partial charge on any atom is -0.480 e. The van der Waals surface area contributed by atoms with E-state index in [4.69, 9.17) is 0 Å². The SMILES string of the molecule is CCCC(NC(C)C(=O)NC(c1ccccc1)c1ccccc1)C(=O)O.Cl. The number of halogens is 1. The monoisotopic (exact) mass is 390 g/mol. The van der Waals surface area contributed by atoms with E-state index in [0.29, 0.717) is 6.42 Å². The van der Waals surface area contributed by atoms with Gasteiger partial charge in [0, 0.05) is 0 Å². The van der Waals surface area contributed by atoms with Crippen molar-refractivity contribution < 1.29 is 14.7 Å². The second-order valence-electron chi connectivity index (χ2n) is 6.33. The van der Waals surface area contributed by atoms with E-state index in [-0.39, 0.29) is 24.4 Å². The van der Waals surface area contributed by atoms with Crippen LogP contribution in [0, 0.1) is 0 Å². The third kappa shape index (κ3) is 6.70. The molecule has 6 heteroatoms. The predicted octanol–water partition coefficient (Wildman–Crippen LogP) is 3.55. The molecule has 0 aliphatic heterocycles. The predicted molar refractivity (Wildman–Crippen MR) is 109 cm³/mol. The Labute approximate surface area is 166 Å². The van der Waals surface area contributed by atoms with Crippen LogP contribution in [0.3, 0.4) is 0 Å². The molecule has 0 saturated heterocycles. The molecule has 0 bridgehead atoms. The van der Waals surface area contributed by atoms with Crippen LogP contribution in [0.15, 0.2) is 60.7 Å². The zero-order chi connectivity index (χ0) is 18.9. The van der Waals surface area contributed by atoms with Crippen molar-refractivity contribution in [3.05, 3.63) is 71.8 Å². The summed E-state index contributed by atoms with van der Waals surface area (Å²) in [6, 6.07) is 17.8. The molecule has 0 saturated carbocycles. The van der Waals surface area contributed by atoms with E-state index < -0.39 is 18.1 Å². The second kappa shape index (κ2) is 11.4. The molecule has 0 radical (unpaired) electrons. The van der Waals surface area contributed by atoms with E-state index in [1.165, 1.54) is 0 Å². The molecule has 3 N–H and O–H groups in total. The van der Waals surface area contributed by atoms with Crippen molar-refractivity contribution >= 4 is 24.3 Å². The van der Waals surface area contributed by atoms with Crippen LogP contribution in [0.5, 0.6) is 0 Å². The first-order valence-corrected chi connectivity index (χ1v) is 8.92. The number of carboxylic acid groups (broad SMARTS) is 1. The Morgan fingerprint density at radius 3 is 1.85 bits per heavy atom. The van der Waals surface area contributed by atoms with Gasteiger partial charge in [-0.1, -0.05) is 74.0 Å². The maximum Gasteiger partial charge on any atom is 0.320 e. The lowest BCUT2D eigenvalue weighted by Crippen LogP contribution is -2.50. The minimum atomic E-state index is -0.936. The number of benzene rings is 2. The molecule has 5 nitrogen and oxygen atoms in total. The molecule has 0 spiro atoms. The number of rotatable bonds is 9. The van der Waals surface area contributed by atoms with Crippen LogP contribution < -0.4 is 10.6 Å². The lowest BCUT2D eigenvalue weighted by molar-refractivity contribution is -0.140. The van der Waals surface area contributed by atoms with Crippen LogP contribution in [0.2, 0.25) is 0 Å². The first-order chi connectivity index (χ1) is 12.5. The number of carbonyl (C=O) groups is 2. The smallest absolute Gasteiger partial charge is 0.320 e. The van der Waals surface area contributed by atoms with Crippen molar-refractivity contribution in [3.63, 3.8) is 0 Å². The van der Waals surface area contributed by atoms with Crippen molar-refractivity contribution in [3.8, 4) is 0 Å². The molecule has 2 unspecified atom stereocenters. The van der Waals surface area contributed by atoms with Gasteiger partial charge in [-0.05, 0) is 24.5 Å². The first kappa shape index (κ1) is 22.7. The highest BCUT2D eigenvalue weighted by molar-refractivity contribution is 5.85. The molecular weight excluding hydrogens is 364 g/mol. The Balaban J connectivity index is 0.00000364. The van der Waals surface area contributed by atoms with E-state index >= 15 is 0 Å². The Kier molecular flexibility index (Phi) is 9.54. The summed E-state index contributed by atoms with van der Waals surface area (Å²) in [5, 5.41) is 15.2. The van der Waals surface area contributed by atoms with Gasteiger partial charge in [0.05, 0.1) is 12.1 Å². The molecule has 2 rings (SSSR count). The first-order valence-electron chi connectivity index (χ1n) is 8.92. The average Bonchev–Trinajstić information content (AvgIpc) is 2.66. The van der Waals surface area contributed by atoms with Crippen molar-refractivity contribution in [2.45, 2.75) is 44.8 Å². The summed E-state index contributed by atoms with van der Waals surface area (Å²) in [4.78, 5) is 24.0. The molecule has 27 heavy (non-hydrogen) atoms. The minimum absolute atomic E-state index is 0. The van der Waals surface area contributed by atoms with Crippen LogP contribution in [0.25, 0.3) is 0 Å². The standard InChI is InChI=1S/C21H26N2O3.ClH/c1-3-10-18(21(25)26)22-15(2)20(24)23-19(16-11-6-4-7-12-16)17-13-8-5-9-14-17;/h4-9,11-15,18-19,22H,3,10H2,1-2H3,(H,23,24)(H,25,26);1H. The molecule has 0 aliphatic rings. The third-order valence-electron chi connectivity index (χ3n) is 4.27. The van der Waals surface area contributed by atoms with Gasteiger partial charge < -0.3 is 10.4 Å². The molecule has 146 valence electrons. The fourth-order valence-corrected chi connectivity index (χ4v) is 2.86. The van der Waals surface area contributed by atoms with Crippen molar-refractivity contribution in [1.82, 2.24) is 10.6 Å². The Hall–Kier alpha value is -2.37. The lowest BCUT2D eigenvalue weighted by Gasteiger charge is -2.24. The van der Waals surface area contributed by atoms with Gasteiger partial charge in [0.25, 0.3) is 0 Å². The average molecular weight is 391 g/mol. The molecular formula is C21H27ClN2O3. The second-order valence-corrected chi connectivity index (χ2v) is 6.33. The molecule has 0 aromatic heterocycles. The summed E-state index contributed by atoms with van der Waals surface area (Å²) in [6.45, 7) is 3.61. The summed E-state index contributed by atoms with van der Waals surface area (Å²) >= 11 is 0. The van der Waals surface area contributed by atoms with Crippen LogP contribution in [-0.2, 0) is 9.59 Å². The molecule has 2 atom stereocenters. The fourth-order valence-electron chi connectivity index (χ4n) is 2.86. The molecule has 0 heterocycles. The maximum atomic E-state index is 12.7. The number of carboxylic acids is 1. The molecule has 0 aliphatic carbocycles. The Bertz CT molecular complexity index is 670. The summed E-state index contributed by atoms with van der Waals surface area (Å²) in [7, 11) is 0. The van der Waals surface area contributed by atoms with E-state index in [1.807, 2.05) is 67.6 Å². The quantitative estimate of drug-likeness (QED) is 0.611. The summed E-state index contributed by atoms with van der Waals surface area (Å²) in [5.41, 5.74) is 1.95. The van der Waals surface area contributed by atoms with Gasteiger partial charge in [-0.2, -0.15) is 0 Å². The highest BCUT2D eigenvalue weighted by Crippen LogP contribution is 2.21. The topological polar surface area (TPSA) is 78.4 Å². The molecule has 2 aromatic rings. The third-order valence-corrected chi connectivity index (χ3v) is 4.27. The summed E-state index contributed by atoms with van der Waals surface area (Å²) in [5.74, 6) is -1.17. The van der Waals surface area contributed by atoms with Crippen LogP contribution in [-0.4, -0.2) is 29.1 Å². The fraction of sp³-hybridized carbons (Fsp3) is 0.333. The summed E-state index contributed by atoms with van der Waals surface area (Å²) in [6.07, 6.45) is 1.21. The van der Waals surface area contributed by atoms with Crippen molar-refractivity contribution in [2.24, 2.45) is 0 Å². The largest absolute Gasteiger partial charge is 0.480 e. The number of hydrogen-bond acceptors (Lipinski definition) is 3. The molecule has 2 aromatic carbocycles. The number of carbonyl (C=O) groups excluding carboxylic acids is 1. The van der Waals surface area contributed by atoms with Gasteiger partial charge in [-0.25, -0.2) is 0 Å². The van der Waals surface area contributed by atoms with Crippen molar-refractivity contribution in [2.75, 3.05) is 0 Å². The molecule has 1 amide bonds. The normalized spacial score (nSPS) is 12.7. The van der Waals surface area contributed by atoms with E-state index in [0.717, 1.165) is 17.5 Å². The van der Waals surface area contributed by atoms with E-state index in [9.17, 15) is 14.7 Å². The van der Waals surface area contributed by atoms with Gasteiger partial charge in [-0.15, -0.1) is 12.4 Å². The highest BCUT2D eigenvalue weighted by Gasteiger charge is 2.24. The number of amides is 1. The molecule has 0 fully saturated rings. The van der Waals surface area contributed by atoms with Crippen LogP contribution >= 0.6 is 12.4 Å². The van der Waals surface area contributed by atoms with E-state index in [1.54, 1.807) is 6.92 Å². The number of aliphatic carboxylic acids is 1. The van der Waals surface area contributed by atoms with Crippen LogP contribution in [0.1, 0.15) is 43.9 Å². The number of hydrogen-bond donors (Lipinski definition) is 3. The lowest BCUT2D eigenvalue weighted by atomic mass is 9.98. The zero-order valence-electron chi connectivity index (χ0n) is 15.6. The van der Waals surface area contributed by atoms with Crippen molar-refractivity contribution in [1.29, 1.82) is 0 Å². The van der Waals surface area contributed by atoms with Crippen LogP contribution in [0.4, 0.5) is 0 Å². The van der Waals surface area contributed by atoms with E-state index in [2.05, 4.69) is 10.6 Å². The van der Waals surface area contributed by atoms with Gasteiger partial charge in [0.2, 0.25) is 5.91 Å². The van der Waals surface area contributed by atoms with Gasteiger partial charge in [0.1, 0.15) is 6.04 Å². The maximum absolute atomic E-state index is 12.7. The number of nitrogens with one attached hydrogen (secondary N) is 2. The van der Waals surface area contributed by atoms with Gasteiger partial charge >= 0.3 is 5.97 Å². The Morgan fingerprint density at radius 2 is 1.44 bits per heavy atom.